The maximum Gasteiger partial charge on any atom is 0.254 e. The monoisotopic (exact) mass is 296 g/mol. The van der Waals surface area contributed by atoms with Gasteiger partial charge in [-0.2, -0.15) is 0 Å². The number of halogens is 1. The molecular weight excluding hydrogens is 276 g/mol. The summed E-state index contributed by atoms with van der Waals surface area (Å²) in [7, 11) is 0. The highest BCUT2D eigenvalue weighted by Crippen LogP contribution is 2.20. The van der Waals surface area contributed by atoms with E-state index in [0.29, 0.717) is 30.2 Å². The topological polar surface area (TPSA) is 53.4 Å². The van der Waals surface area contributed by atoms with Crippen molar-refractivity contribution >= 4 is 17.5 Å². The number of pyridine rings is 1. The molecule has 2 heterocycles. The molecule has 0 aromatic carbocycles. The van der Waals surface area contributed by atoms with Gasteiger partial charge >= 0.3 is 0 Å². The molecule has 1 amide bonds. The lowest BCUT2D eigenvalue weighted by Gasteiger charge is -2.34. The Morgan fingerprint density at radius 3 is 2.95 bits per heavy atom. The van der Waals surface area contributed by atoms with Crippen LogP contribution in [0.3, 0.4) is 0 Å². The molecule has 0 bridgehead atoms. The maximum absolute atomic E-state index is 12.5. The number of carbonyl (C=O) groups excluding carboxylic acids is 1. The van der Waals surface area contributed by atoms with Crippen LogP contribution < -0.4 is 0 Å². The predicted molar refractivity (Wildman–Crippen MR) is 78.9 cm³/mol. The summed E-state index contributed by atoms with van der Waals surface area (Å²) in [6.45, 7) is 5.21. The highest BCUT2D eigenvalue weighted by Gasteiger charge is 2.28. The third kappa shape index (κ3) is 3.49. The van der Waals surface area contributed by atoms with Crippen molar-refractivity contribution < 1.29 is 9.90 Å². The number of amides is 1. The van der Waals surface area contributed by atoms with Gasteiger partial charge in [0, 0.05) is 24.3 Å². The van der Waals surface area contributed by atoms with E-state index in [0.717, 1.165) is 18.5 Å². The van der Waals surface area contributed by atoms with E-state index in [1.807, 2.05) is 13.0 Å². The van der Waals surface area contributed by atoms with Gasteiger partial charge in [0.15, 0.2) is 0 Å². The van der Waals surface area contributed by atoms with Crippen LogP contribution in [0.2, 0.25) is 5.15 Å². The normalized spacial score (nSPS) is 22.9. The number of hydrogen-bond acceptors (Lipinski definition) is 3. The van der Waals surface area contributed by atoms with Crippen molar-refractivity contribution in [3.63, 3.8) is 0 Å². The van der Waals surface area contributed by atoms with Crippen LogP contribution in [-0.2, 0) is 6.42 Å². The Labute approximate surface area is 124 Å². The number of aliphatic hydroxyl groups excluding tert-OH is 1. The van der Waals surface area contributed by atoms with Crippen LogP contribution in [0.5, 0.6) is 0 Å². The number of aryl methyl sites for hydroxylation is 1. The zero-order valence-corrected chi connectivity index (χ0v) is 12.7. The molecule has 1 aromatic rings. The molecule has 20 heavy (non-hydrogen) atoms. The average molecular weight is 297 g/mol. The number of nitrogens with zero attached hydrogens (tertiary/aromatic N) is 2. The van der Waals surface area contributed by atoms with Gasteiger partial charge in [0.2, 0.25) is 0 Å². The Bertz CT molecular complexity index is 493. The molecule has 110 valence electrons. The van der Waals surface area contributed by atoms with E-state index >= 15 is 0 Å². The Hall–Kier alpha value is -1.13. The van der Waals surface area contributed by atoms with Gasteiger partial charge in [0.1, 0.15) is 5.15 Å². The SMILES string of the molecule is CCCc1cc(C(=O)N2CCC(O)C(C)C2)cc(Cl)n1. The molecule has 4 nitrogen and oxygen atoms in total. The van der Waals surface area contributed by atoms with Crippen LogP contribution in [0.4, 0.5) is 0 Å². The van der Waals surface area contributed by atoms with E-state index in [-0.39, 0.29) is 17.9 Å². The summed E-state index contributed by atoms with van der Waals surface area (Å²) >= 11 is 6.00. The zero-order chi connectivity index (χ0) is 14.7. The molecule has 1 aliphatic rings. The van der Waals surface area contributed by atoms with Crippen molar-refractivity contribution in [1.82, 2.24) is 9.88 Å². The molecule has 5 heteroatoms. The molecule has 2 rings (SSSR count). The van der Waals surface area contributed by atoms with Crippen molar-refractivity contribution in [2.45, 2.75) is 39.2 Å². The molecule has 0 spiro atoms. The van der Waals surface area contributed by atoms with E-state index in [1.54, 1.807) is 11.0 Å². The maximum atomic E-state index is 12.5. The first kappa shape index (κ1) is 15.3. The first-order valence-electron chi connectivity index (χ1n) is 7.15. The van der Waals surface area contributed by atoms with Crippen LogP contribution in [0, 0.1) is 5.92 Å². The highest BCUT2D eigenvalue weighted by molar-refractivity contribution is 6.29. The van der Waals surface area contributed by atoms with E-state index in [2.05, 4.69) is 11.9 Å². The number of hydrogen-bond donors (Lipinski definition) is 1. The van der Waals surface area contributed by atoms with Gasteiger partial charge < -0.3 is 10.0 Å². The lowest BCUT2D eigenvalue weighted by Crippen LogP contribution is -2.45. The lowest BCUT2D eigenvalue weighted by molar-refractivity contribution is 0.0297. The summed E-state index contributed by atoms with van der Waals surface area (Å²) < 4.78 is 0. The van der Waals surface area contributed by atoms with Gasteiger partial charge in [-0.1, -0.05) is 31.9 Å². The lowest BCUT2D eigenvalue weighted by atomic mass is 9.96. The fourth-order valence-corrected chi connectivity index (χ4v) is 2.79. The summed E-state index contributed by atoms with van der Waals surface area (Å²) in [5.41, 5.74) is 1.45. The number of rotatable bonds is 3. The first-order valence-corrected chi connectivity index (χ1v) is 7.53. The van der Waals surface area contributed by atoms with Crippen molar-refractivity contribution in [2.75, 3.05) is 13.1 Å². The quantitative estimate of drug-likeness (QED) is 0.872. The summed E-state index contributed by atoms with van der Waals surface area (Å²) in [6, 6.07) is 3.45. The van der Waals surface area contributed by atoms with Gasteiger partial charge in [0.25, 0.3) is 5.91 Å². The highest BCUT2D eigenvalue weighted by atomic mass is 35.5. The zero-order valence-electron chi connectivity index (χ0n) is 12.0. The molecule has 2 atom stereocenters. The van der Waals surface area contributed by atoms with E-state index in [1.165, 1.54) is 0 Å². The number of likely N-dealkylation sites (tertiary alicyclic amines) is 1. The standard InChI is InChI=1S/C15H21ClN2O2/c1-3-4-12-7-11(8-14(16)17-12)15(20)18-6-5-13(19)10(2)9-18/h7-8,10,13,19H,3-6,9H2,1-2H3. The Morgan fingerprint density at radius 2 is 2.30 bits per heavy atom. The van der Waals surface area contributed by atoms with Crippen molar-refractivity contribution in [2.24, 2.45) is 5.92 Å². The summed E-state index contributed by atoms with van der Waals surface area (Å²) in [5.74, 6) is 0.0884. The third-order valence-electron chi connectivity index (χ3n) is 3.75. The minimum atomic E-state index is -0.310. The minimum Gasteiger partial charge on any atom is -0.393 e. The van der Waals surface area contributed by atoms with Crippen molar-refractivity contribution in [3.05, 3.63) is 28.5 Å². The van der Waals surface area contributed by atoms with E-state index in [9.17, 15) is 9.90 Å². The second kappa shape index (κ2) is 6.55. The Balaban J connectivity index is 2.16. The summed E-state index contributed by atoms with van der Waals surface area (Å²) in [4.78, 5) is 18.5. The average Bonchev–Trinajstić information content (AvgIpc) is 2.41. The minimum absolute atomic E-state index is 0.0228. The van der Waals surface area contributed by atoms with Crippen molar-refractivity contribution in [3.8, 4) is 0 Å². The summed E-state index contributed by atoms with van der Waals surface area (Å²) in [5, 5.41) is 10.1. The van der Waals surface area contributed by atoms with Crippen LogP contribution in [0.15, 0.2) is 12.1 Å². The van der Waals surface area contributed by atoms with Gasteiger partial charge in [-0.05, 0) is 30.9 Å². The second-order valence-corrected chi connectivity index (χ2v) is 5.89. The molecule has 1 saturated heterocycles. The molecule has 0 aliphatic carbocycles. The number of carbonyl (C=O) groups is 1. The first-order chi connectivity index (χ1) is 9.51. The largest absolute Gasteiger partial charge is 0.393 e. The Morgan fingerprint density at radius 1 is 1.55 bits per heavy atom. The van der Waals surface area contributed by atoms with E-state index < -0.39 is 0 Å². The van der Waals surface area contributed by atoms with Gasteiger partial charge in [-0.15, -0.1) is 0 Å². The molecule has 1 aromatic heterocycles. The van der Waals surface area contributed by atoms with Crippen LogP contribution >= 0.6 is 11.6 Å². The predicted octanol–water partition coefficient (Wildman–Crippen LogP) is 2.53. The third-order valence-corrected chi connectivity index (χ3v) is 3.94. The smallest absolute Gasteiger partial charge is 0.254 e. The molecule has 1 N–H and O–H groups in total. The molecule has 1 aliphatic heterocycles. The molecule has 1 fully saturated rings. The van der Waals surface area contributed by atoms with E-state index in [4.69, 9.17) is 11.6 Å². The van der Waals surface area contributed by atoms with Gasteiger partial charge in [-0.25, -0.2) is 4.98 Å². The van der Waals surface area contributed by atoms with Crippen LogP contribution in [0.1, 0.15) is 42.7 Å². The number of aromatic nitrogens is 1. The number of aliphatic hydroxyl groups is 1. The van der Waals surface area contributed by atoms with Gasteiger partial charge in [-0.3, -0.25) is 4.79 Å². The van der Waals surface area contributed by atoms with Gasteiger partial charge in [0.05, 0.1) is 6.10 Å². The molecular formula is C15H21ClN2O2. The molecule has 0 radical (unpaired) electrons. The molecule has 0 saturated carbocycles. The summed E-state index contributed by atoms with van der Waals surface area (Å²) in [6.07, 6.45) is 2.10. The van der Waals surface area contributed by atoms with Crippen molar-refractivity contribution in [1.29, 1.82) is 0 Å². The fraction of sp³-hybridized carbons (Fsp3) is 0.600. The fourth-order valence-electron chi connectivity index (χ4n) is 2.56. The Kier molecular flexibility index (Phi) is 5.00. The number of piperidine rings is 1. The second-order valence-electron chi connectivity index (χ2n) is 5.50. The van der Waals surface area contributed by atoms with Crippen LogP contribution in [0.25, 0.3) is 0 Å². The van der Waals surface area contributed by atoms with Crippen LogP contribution in [-0.4, -0.2) is 40.1 Å². The molecule has 2 unspecified atom stereocenters.